The molecule has 0 bridgehead atoms. The Hall–Kier alpha value is -1.84. The van der Waals surface area contributed by atoms with Gasteiger partial charge >= 0.3 is 0 Å². The van der Waals surface area contributed by atoms with E-state index in [9.17, 15) is 9.59 Å². The number of benzene rings is 1. The Morgan fingerprint density at radius 1 is 1.12 bits per heavy atom. The molecule has 1 N–H and O–H groups in total. The molecule has 4 heteroatoms. The van der Waals surface area contributed by atoms with Crippen LogP contribution in [0.5, 0.6) is 0 Å². The molecule has 0 heterocycles. The van der Waals surface area contributed by atoms with Crippen LogP contribution in [-0.4, -0.2) is 29.8 Å². The highest BCUT2D eigenvalue weighted by molar-refractivity contribution is 5.97. The molecule has 1 saturated carbocycles. The van der Waals surface area contributed by atoms with Crippen molar-refractivity contribution in [3.63, 3.8) is 0 Å². The average molecular weight is 330 g/mol. The maximum atomic E-state index is 12.7. The fourth-order valence-electron chi connectivity index (χ4n) is 3.46. The standard InChI is InChI=1S/C20H30N2O2/c1-3-12-22(13-4-2)20(24)17-10-7-11-18(15-17)21-19(23)14-16-8-5-6-9-16/h7,10-11,15-16H,3-6,8-9,12-14H2,1-2H3,(H,21,23). The minimum absolute atomic E-state index is 0.0468. The van der Waals surface area contributed by atoms with Crippen molar-refractivity contribution in [1.82, 2.24) is 4.90 Å². The van der Waals surface area contributed by atoms with Gasteiger partial charge in [-0.15, -0.1) is 0 Å². The van der Waals surface area contributed by atoms with Crippen molar-refractivity contribution in [3.05, 3.63) is 29.8 Å². The molecular weight excluding hydrogens is 300 g/mol. The lowest BCUT2D eigenvalue weighted by atomic mass is 10.0. The molecule has 0 unspecified atom stereocenters. The van der Waals surface area contributed by atoms with Gasteiger partial charge in [-0.1, -0.05) is 32.8 Å². The molecule has 2 rings (SSSR count). The van der Waals surface area contributed by atoms with Gasteiger partial charge in [-0.3, -0.25) is 9.59 Å². The number of carbonyl (C=O) groups is 2. The van der Waals surface area contributed by atoms with Gasteiger partial charge in [-0.25, -0.2) is 0 Å². The smallest absolute Gasteiger partial charge is 0.253 e. The SMILES string of the molecule is CCCN(CCC)C(=O)c1cccc(NC(=O)CC2CCCC2)c1. The summed E-state index contributed by atoms with van der Waals surface area (Å²) in [6.07, 6.45) is 7.30. The van der Waals surface area contributed by atoms with Crippen LogP contribution in [0.15, 0.2) is 24.3 Å². The first-order chi connectivity index (χ1) is 11.6. The van der Waals surface area contributed by atoms with Crippen LogP contribution in [0.4, 0.5) is 5.69 Å². The highest BCUT2D eigenvalue weighted by atomic mass is 16.2. The van der Waals surface area contributed by atoms with Crippen LogP contribution in [0.2, 0.25) is 0 Å². The van der Waals surface area contributed by atoms with Gasteiger partial charge in [0.25, 0.3) is 5.91 Å². The van der Waals surface area contributed by atoms with E-state index in [-0.39, 0.29) is 11.8 Å². The van der Waals surface area contributed by atoms with E-state index in [1.807, 2.05) is 23.1 Å². The monoisotopic (exact) mass is 330 g/mol. The van der Waals surface area contributed by atoms with Crippen molar-refractivity contribution in [1.29, 1.82) is 0 Å². The molecule has 2 amide bonds. The number of hydrogen-bond donors (Lipinski definition) is 1. The minimum Gasteiger partial charge on any atom is -0.339 e. The zero-order chi connectivity index (χ0) is 17.4. The van der Waals surface area contributed by atoms with Crippen molar-refractivity contribution in [2.75, 3.05) is 18.4 Å². The Balaban J connectivity index is 1.99. The maximum absolute atomic E-state index is 12.7. The van der Waals surface area contributed by atoms with Gasteiger partial charge in [0.15, 0.2) is 0 Å². The van der Waals surface area contributed by atoms with E-state index in [0.717, 1.165) is 44.5 Å². The van der Waals surface area contributed by atoms with Crippen LogP contribution in [0.1, 0.15) is 69.2 Å². The van der Waals surface area contributed by atoms with E-state index >= 15 is 0 Å². The van der Waals surface area contributed by atoms with Crippen LogP contribution in [-0.2, 0) is 4.79 Å². The molecular formula is C20H30N2O2. The molecule has 1 aromatic carbocycles. The number of amides is 2. The van der Waals surface area contributed by atoms with Crippen molar-refractivity contribution in [3.8, 4) is 0 Å². The van der Waals surface area contributed by atoms with Gasteiger partial charge < -0.3 is 10.2 Å². The van der Waals surface area contributed by atoms with Gasteiger partial charge in [0.05, 0.1) is 0 Å². The molecule has 132 valence electrons. The van der Waals surface area contributed by atoms with E-state index in [2.05, 4.69) is 19.2 Å². The van der Waals surface area contributed by atoms with Crippen LogP contribution < -0.4 is 5.32 Å². The zero-order valence-corrected chi connectivity index (χ0v) is 15.0. The topological polar surface area (TPSA) is 49.4 Å². The van der Waals surface area contributed by atoms with Gasteiger partial charge in [0.2, 0.25) is 5.91 Å². The van der Waals surface area contributed by atoms with Gasteiger partial charge in [0.1, 0.15) is 0 Å². The predicted octanol–water partition coefficient (Wildman–Crippen LogP) is 4.47. The highest BCUT2D eigenvalue weighted by Gasteiger charge is 2.19. The zero-order valence-electron chi connectivity index (χ0n) is 15.0. The first-order valence-electron chi connectivity index (χ1n) is 9.33. The quantitative estimate of drug-likeness (QED) is 0.764. The second-order valence-electron chi connectivity index (χ2n) is 6.78. The van der Waals surface area contributed by atoms with Crippen molar-refractivity contribution in [2.45, 2.75) is 58.8 Å². The number of nitrogens with zero attached hydrogens (tertiary/aromatic N) is 1. The van der Waals surface area contributed by atoms with E-state index < -0.39 is 0 Å². The van der Waals surface area contributed by atoms with Crippen molar-refractivity contribution in [2.24, 2.45) is 5.92 Å². The van der Waals surface area contributed by atoms with Gasteiger partial charge in [0, 0.05) is 30.8 Å². The fourth-order valence-corrected chi connectivity index (χ4v) is 3.46. The van der Waals surface area contributed by atoms with Crippen LogP contribution in [0.25, 0.3) is 0 Å². The lowest BCUT2D eigenvalue weighted by Crippen LogP contribution is -2.32. The summed E-state index contributed by atoms with van der Waals surface area (Å²) in [7, 11) is 0. The Kier molecular flexibility index (Phi) is 7.29. The van der Waals surface area contributed by atoms with E-state index in [1.54, 1.807) is 6.07 Å². The second-order valence-corrected chi connectivity index (χ2v) is 6.78. The van der Waals surface area contributed by atoms with E-state index in [4.69, 9.17) is 0 Å². The first kappa shape index (κ1) is 18.5. The summed E-state index contributed by atoms with van der Waals surface area (Å²) >= 11 is 0. The molecule has 0 aliphatic heterocycles. The molecule has 1 aliphatic rings. The summed E-state index contributed by atoms with van der Waals surface area (Å²) in [5.74, 6) is 0.635. The number of hydrogen-bond acceptors (Lipinski definition) is 2. The van der Waals surface area contributed by atoms with Crippen molar-refractivity contribution < 1.29 is 9.59 Å². The third-order valence-corrected chi connectivity index (χ3v) is 4.62. The van der Waals surface area contributed by atoms with Crippen molar-refractivity contribution >= 4 is 17.5 Å². The number of rotatable bonds is 8. The number of nitrogens with one attached hydrogen (secondary N) is 1. The summed E-state index contributed by atoms with van der Waals surface area (Å²) in [5, 5.41) is 2.96. The molecule has 0 atom stereocenters. The van der Waals surface area contributed by atoms with Crippen LogP contribution >= 0.6 is 0 Å². The largest absolute Gasteiger partial charge is 0.339 e. The molecule has 24 heavy (non-hydrogen) atoms. The minimum atomic E-state index is 0.0468. The van der Waals surface area contributed by atoms with Crippen LogP contribution in [0.3, 0.4) is 0 Å². The molecule has 0 radical (unpaired) electrons. The Bertz CT molecular complexity index is 544. The molecule has 4 nitrogen and oxygen atoms in total. The number of carbonyl (C=O) groups excluding carboxylic acids is 2. The highest BCUT2D eigenvalue weighted by Crippen LogP contribution is 2.27. The summed E-state index contributed by atoms with van der Waals surface area (Å²) in [6, 6.07) is 7.32. The van der Waals surface area contributed by atoms with Gasteiger partial charge in [-0.05, 0) is 49.8 Å². The Morgan fingerprint density at radius 2 is 1.79 bits per heavy atom. The average Bonchev–Trinajstić information content (AvgIpc) is 3.07. The Labute approximate surface area is 145 Å². The van der Waals surface area contributed by atoms with E-state index in [0.29, 0.717) is 17.9 Å². The number of anilines is 1. The molecule has 1 aliphatic carbocycles. The second kappa shape index (κ2) is 9.45. The summed E-state index contributed by atoms with van der Waals surface area (Å²) in [6.45, 7) is 5.70. The molecule has 0 saturated heterocycles. The fraction of sp³-hybridized carbons (Fsp3) is 0.600. The molecule has 0 spiro atoms. The lowest BCUT2D eigenvalue weighted by molar-refractivity contribution is -0.117. The predicted molar refractivity (Wildman–Crippen MR) is 98.1 cm³/mol. The molecule has 0 aromatic heterocycles. The first-order valence-corrected chi connectivity index (χ1v) is 9.33. The normalized spacial score (nSPS) is 14.6. The van der Waals surface area contributed by atoms with Gasteiger partial charge in [-0.2, -0.15) is 0 Å². The van der Waals surface area contributed by atoms with E-state index in [1.165, 1.54) is 12.8 Å². The summed E-state index contributed by atoms with van der Waals surface area (Å²) < 4.78 is 0. The summed E-state index contributed by atoms with van der Waals surface area (Å²) in [4.78, 5) is 26.7. The van der Waals surface area contributed by atoms with Crippen LogP contribution in [0, 0.1) is 5.92 Å². The summed E-state index contributed by atoms with van der Waals surface area (Å²) in [5.41, 5.74) is 1.37. The molecule has 1 fully saturated rings. The Morgan fingerprint density at radius 3 is 2.42 bits per heavy atom. The molecule has 1 aromatic rings. The third kappa shape index (κ3) is 5.36. The maximum Gasteiger partial charge on any atom is 0.253 e. The third-order valence-electron chi connectivity index (χ3n) is 4.62. The lowest BCUT2D eigenvalue weighted by Gasteiger charge is -2.21.